The summed E-state index contributed by atoms with van der Waals surface area (Å²) in [4.78, 5) is 9.60. The minimum atomic E-state index is -0.711. The number of fused-ring (bicyclic) bond motifs is 1. The standard InChI is InChI=1S/C9H10.C3H7NO2/c1-2-5-9-7-3-6-8(9)4-1;1-2-6-3(4)5/h1-2,4-5H,3,6-7H2;2H2,1H3,(H2,4,5). The molecule has 82 valence electrons. The zero-order valence-electron chi connectivity index (χ0n) is 9.03. The molecule has 0 saturated heterocycles. The minimum absolute atomic E-state index is 0.356. The molecule has 1 aromatic carbocycles. The maximum absolute atomic E-state index is 9.60. The van der Waals surface area contributed by atoms with E-state index in [0.29, 0.717) is 6.61 Å². The number of aryl methyl sites for hydroxylation is 2. The highest BCUT2D eigenvalue weighted by molar-refractivity contribution is 5.64. The van der Waals surface area contributed by atoms with E-state index in [4.69, 9.17) is 0 Å². The number of nitrogens with two attached hydrogens (primary N) is 1. The summed E-state index contributed by atoms with van der Waals surface area (Å²) in [5.74, 6) is 0. The largest absolute Gasteiger partial charge is 0.450 e. The first-order valence-electron chi connectivity index (χ1n) is 5.23. The van der Waals surface area contributed by atoms with Crippen LogP contribution in [-0.2, 0) is 17.6 Å². The predicted molar refractivity (Wildman–Crippen MR) is 59.7 cm³/mol. The van der Waals surface area contributed by atoms with Crippen molar-refractivity contribution in [3.05, 3.63) is 35.4 Å². The summed E-state index contributed by atoms with van der Waals surface area (Å²) in [6.07, 6.45) is 3.25. The van der Waals surface area contributed by atoms with Gasteiger partial charge >= 0.3 is 6.09 Å². The SMILES string of the molecule is CCOC(N)=O.c1ccc2c(c1)CCC2. The topological polar surface area (TPSA) is 52.3 Å². The molecule has 15 heavy (non-hydrogen) atoms. The molecule has 0 saturated carbocycles. The van der Waals surface area contributed by atoms with Gasteiger partial charge in [0.2, 0.25) is 0 Å². The van der Waals surface area contributed by atoms with Crippen molar-refractivity contribution in [3.63, 3.8) is 0 Å². The Bertz CT molecular complexity index is 300. The average molecular weight is 207 g/mol. The lowest BCUT2D eigenvalue weighted by Crippen LogP contribution is -2.11. The summed E-state index contributed by atoms with van der Waals surface area (Å²) < 4.78 is 4.18. The molecule has 1 aromatic rings. The molecule has 1 aliphatic rings. The Morgan fingerprint density at radius 2 is 1.87 bits per heavy atom. The van der Waals surface area contributed by atoms with Gasteiger partial charge in [0.05, 0.1) is 6.61 Å². The summed E-state index contributed by atoms with van der Waals surface area (Å²) in [6.45, 7) is 2.06. The third-order valence-electron chi connectivity index (χ3n) is 2.30. The molecule has 0 fully saturated rings. The first-order valence-corrected chi connectivity index (χ1v) is 5.23. The van der Waals surface area contributed by atoms with Crippen molar-refractivity contribution >= 4 is 6.09 Å². The van der Waals surface area contributed by atoms with Crippen molar-refractivity contribution in [3.8, 4) is 0 Å². The molecule has 1 amide bonds. The van der Waals surface area contributed by atoms with Crippen LogP contribution in [0.2, 0.25) is 0 Å². The van der Waals surface area contributed by atoms with Gasteiger partial charge in [-0.1, -0.05) is 24.3 Å². The Labute approximate surface area is 90.2 Å². The molecule has 3 nitrogen and oxygen atoms in total. The highest BCUT2D eigenvalue weighted by atomic mass is 16.5. The second-order valence-electron chi connectivity index (χ2n) is 3.37. The van der Waals surface area contributed by atoms with Crippen LogP contribution in [-0.4, -0.2) is 12.7 Å². The lowest BCUT2D eigenvalue weighted by Gasteiger charge is -1.93. The van der Waals surface area contributed by atoms with Crippen molar-refractivity contribution in [1.29, 1.82) is 0 Å². The number of rotatable bonds is 1. The fraction of sp³-hybridized carbons (Fsp3) is 0.417. The van der Waals surface area contributed by atoms with Crippen molar-refractivity contribution in [2.75, 3.05) is 6.61 Å². The summed E-state index contributed by atoms with van der Waals surface area (Å²) in [5.41, 5.74) is 7.68. The molecule has 2 rings (SSSR count). The molecule has 0 aliphatic heterocycles. The molecule has 3 heteroatoms. The quantitative estimate of drug-likeness (QED) is 0.768. The number of carbonyl (C=O) groups excluding carboxylic acids is 1. The van der Waals surface area contributed by atoms with Gasteiger partial charge in [-0.05, 0) is 37.3 Å². The molecule has 1 aliphatic carbocycles. The van der Waals surface area contributed by atoms with Gasteiger partial charge in [-0.15, -0.1) is 0 Å². The van der Waals surface area contributed by atoms with E-state index in [1.807, 2.05) is 0 Å². The monoisotopic (exact) mass is 207 g/mol. The molecular weight excluding hydrogens is 190 g/mol. The predicted octanol–water partition coefficient (Wildman–Crippen LogP) is 2.28. The average Bonchev–Trinajstić information content (AvgIpc) is 2.65. The fourth-order valence-electron chi connectivity index (χ4n) is 1.66. The van der Waals surface area contributed by atoms with E-state index >= 15 is 0 Å². The second-order valence-corrected chi connectivity index (χ2v) is 3.37. The van der Waals surface area contributed by atoms with Crippen LogP contribution in [0.1, 0.15) is 24.5 Å². The van der Waals surface area contributed by atoms with Crippen LogP contribution >= 0.6 is 0 Å². The van der Waals surface area contributed by atoms with E-state index in [1.54, 1.807) is 18.1 Å². The van der Waals surface area contributed by atoms with E-state index in [1.165, 1.54) is 19.3 Å². The molecule has 2 N–H and O–H groups in total. The van der Waals surface area contributed by atoms with E-state index in [0.717, 1.165) is 0 Å². The van der Waals surface area contributed by atoms with Gasteiger partial charge in [-0.25, -0.2) is 4.79 Å². The van der Waals surface area contributed by atoms with Crippen LogP contribution in [0.15, 0.2) is 24.3 Å². The Hall–Kier alpha value is -1.51. The van der Waals surface area contributed by atoms with Crippen LogP contribution in [0.5, 0.6) is 0 Å². The molecule has 0 unspecified atom stereocenters. The van der Waals surface area contributed by atoms with E-state index in [9.17, 15) is 4.79 Å². The molecule has 0 spiro atoms. The van der Waals surface area contributed by atoms with Crippen LogP contribution in [0.3, 0.4) is 0 Å². The molecule has 0 radical (unpaired) electrons. The first kappa shape index (κ1) is 11.6. The van der Waals surface area contributed by atoms with Gasteiger partial charge in [0.1, 0.15) is 0 Å². The van der Waals surface area contributed by atoms with Gasteiger partial charge in [-0.3, -0.25) is 0 Å². The second kappa shape index (κ2) is 6.06. The van der Waals surface area contributed by atoms with Gasteiger partial charge < -0.3 is 10.5 Å². The fourth-order valence-corrected chi connectivity index (χ4v) is 1.66. The number of hydrogen-bond donors (Lipinski definition) is 1. The zero-order chi connectivity index (χ0) is 11.1. The Morgan fingerprint density at radius 3 is 2.20 bits per heavy atom. The van der Waals surface area contributed by atoms with Crippen molar-refractivity contribution < 1.29 is 9.53 Å². The van der Waals surface area contributed by atoms with Crippen LogP contribution in [0.25, 0.3) is 0 Å². The summed E-state index contributed by atoms with van der Waals surface area (Å²) in [6, 6.07) is 8.74. The highest BCUT2D eigenvalue weighted by Crippen LogP contribution is 2.20. The van der Waals surface area contributed by atoms with Crippen molar-refractivity contribution in [1.82, 2.24) is 0 Å². The minimum Gasteiger partial charge on any atom is -0.450 e. The maximum atomic E-state index is 9.60. The van der Waals surface area contributed by atoms with Gasteiger partial charge in [0.15, 0.2) is 0 Å². The Morgan fingerprint density at radius 1 is 1.33 bits per heavy atom. The third kappa shape index (κ3) is 4.02. The molecule has 0 aromatic heterocycles. The first-order chi connectivity index (χ1) is 7.24. The van der Waals surface area contributed by atoms with E-state index in [-0.39, 0.29) is 0 Å². The summed E-state index contributed by atoms with van der Waals surface area (Å²) in [5, 5.41) is 0. The van der Waals surface area contributed by atoms with Gasteiger partial charge in [0.25, 0.3) is 0 Å². The van der Waals surface area contributed by atoms with Crippen LogP contribution < -0.4 is 5.73 Å². The van der Waals surface area contributed by atoms with Gasteiger partial charge in [0, 0.05) is 0 Å². The van der Waals surface area contributed by atoms with Gasteiger partial charge in [-0.2, -0.15) is 0 Å². The maximum Gasteiger partial charge on any atom is 0.404 e. The van der Waals surface area contributed by atoms with Crippen LogP contribution in [0, 0.1) is 0 Å². The van der Waals surface area contributed by atoms with E-state index in [2.05, 4.69) is 34.7 Å². The Kier molecular flexibility index (Phi) is 4.68. The Balaban J connectivity index is 0.000000167. The number of carbonyl (C=O) groups is 1. The molecular formula is C12H17NO2. The lowest BCUT2D eigenvalue weighted by atomic mass is 10.1. The third-order valence-corrected chi connectivity index (χ3v) is 2.30. The number of primary amides is 1. The number of amides is 1. The number of hydrogen-bond acceptors (Lipinski definition) is 2. The van der Waals surface area contributed by atoms with E-state index < -0.39 is 6.09 Å². The summed E-state index contributed by atoms with van der Waals surface area (Å²) >= 11 is 0. The van der Waals surface area contributed by atoms with Crippen molar-refractivity contribution in [2.24, 2.45) is 5.73 Å². The van der Waals surface area contributed by atoms with Crippen molar-refractivity contribution in [2.45, 2.75) is 26.2 Å². The molecule has 0 heterocycles. The zero-order valence-corrected chi connectivity index (χ0v) is 9.03. The lowest BCUT2D eigenvalue weighted by molar-refractivity contribution is 0.163. The summed E-state index contributed by atoms with van der Waals surface area (Å²) in [7, 11) is 0. The number of ether oxygens (including phenoxy) is 1. The molecule has 0 bridgehead atoms. The smallest absolute Gasteiger partial charge is 0.404 e. The molecule has 0 atom stereocenters. The highest BCUT2D eigenvalue weighted by Gasteiger charge is 2.07. The number of benzene rings is 1. The normalized spacial score (nSPS) is 12.3. The van der Waals surface area contributed by atoms with Crippen LogP contribution in [0.4, 0.5) is 4.79 Å².